The number of hydrogen-bond donors (Lipinski definition) is 0. The summed E-state index contributed by atoms with van der Waals surface area (Å²) >= 11 is 0. The quantitative estimate of drug-likeness (QED) is 0.849. The summed E-state index contributed by atoms with van der Waals surface area (Å²) in [5, 5.41) is 0. The van der Waals surface area contributed by atoms with Gasteiger partial charge < -0.3 is 4.90 Å². The molecule has 0 spiro atoms. The van der Waals surface area contributed by atoms with Gasteiger partial charge in [-0.05, 0) is 43.9 Å². The first kappa shape index (κ1) is 13.8. The van der Waals surface area contributed by atoms with E-state index in [2.05, 4.69) is 33.9 Å². The second-order valence-corrected chi connectivity index (χ2v) is 5.63. The van der Waals surface area contributed by atoms with E-state index in [0.29, 0.717) is 6.04 Å². The van der Waals surface area contributed by atoms with Crippen LogP contribution in [0.4, 0.5) is 5.95 Å². The van der Waals surface area contributed by atoms with Gasteiger partial charge in [0.05, 0.1) is 6.04 Å². The third kappa shape index (κ3) is 2.55. The highest BCUT2D eigenvalue weighted by molar-refractivity contribution is 5.39. The van der Waals surface area contributed by atoms with Gasteiger partial charge >= 0.3 is 0 Å². The van der Waals surface area contributed by atoms with E-state index < -0.39 is 0 Å². The fourth-order valence-electron chi connectivity index (χ4n) is 3.15. The minimum atomic E-state index is -0.0220. The van der Waals surface area contributed by atoms with Crippen LogP contribution in [-0.2, 0) is 7.05 Å². The highest BCUT2D eigenvalue weighted by atomic mass is 16.1. The maximum atomic E-state index is 11.9. The maximum Gasteiger partial charge on any atom is 0.254 e. The first-order valence-electron chi connectivity index (χ1n) is 7.39. The van der Waals surface area contributed by atoms with Crippen LogP contribution in [0.15, 0.2) is 41.6 Å². The summed E-state index contributed by atoms with van der Waals surface area (Å²) in [6, 6.07) is 6.21. The molecule has 110 valence electrons. The Morgan fingerprint density at radius 2 is 1.90 bits per heavy atom. The van der Waals surface area contributed by atoms with Crippen molar-refractivity contribution >= 4 is 5.95 Å². The topological polar surface area (TPSA) is 51.0 Å². The van der Waals surface area contributed by atoms with Gasteiger partial charge in [-0.3, -0.25) is 14.3 Å². The molecule has 21 heavy (non-hydrogen) atoms. The first-order valence-corrected chi connectivity index (χ1v) is 7.39. The van der Waals surface area contributed by atoms with E-state index in [0.717, 1.165) is 18.8 Å². The second kappa shape index (κ2) is 5.68. The Labute approximate surface area is 124 Å². The molecule has 1 saturated heterocycles. The van der Waals surface area contributed by atoms with E-state index in [9.17, 15) is 4.79 Å². The SMILES string of the molecule is CC1CCCC(c2ccncc2)N1c1nccc(=O)n1C. The second-order valence-electron chi connectivity index (χ2n) is 5.63. The van der Waals surface area contributed by atoms with Crippen LogP contribution in [-0.4, -0.2) is 20.6 Å². The molecule has 3 heterocycles. The Bertz CT molecular complexity index is 667. The van der Waals surface area contributed by atoms with Gasteiger partial charge in [0.2, 0.25) is 5.95 Å². The third-order valence-corrected chi connectivity index (χ3v) is 4.27. The lowest BCUT2D eigenvalue weighted by molar-refractivity contribution is 0.392. The van der Waals surface area contributed by atoms with E-state index in [1.807, 2.05) is 12.4 Å². The van der Waals surface area contributed by atoms with Crippen LogP contribution in [0.1, 0.15) is 37.8 Å². The van der Waals surface area contributed by atoms with Crippen molar-refractivity contribution in [2.75, 3.05) is 4.90 Å². The summed E-state index contributed by atoms with van der Waals surface area (Å²) < 4.78 is 1.63. The van der Waals surface area contributed by atoms with E-state index >= 15 is 0 Å². The van der Waals surface area contributed by atoms with Crippen molar-refractivity contribution in [3.8, 4) is 0 Å². The monoisotopic (exact) mass is 284 g/mol. The standard InChI is InChI=1S/C16H20N4O/c1-12-4-3-5-14(13-6-9-17-10-7-13)20(12)16-18-11-8-15(21)19(16)2/h6-12,14H,3-5H2,1-2H3. The molecule has 1 fully saturated rings. The zero-order valence-electron chi connectivity index (χ0n) is 12.4. The van der Waals surface area contributed by atoms with E-state index in [-0.39, 0.29) is 11.6 Å². The zero-order chi connectivity index (χ0) is 14.8. The molecule has 0 radical (unpaired) electrons. The molecule has 5 nitrogen and oxygen atoms in total. The minimum Gasteiger partial charge on any atom is -0.332 e. The Kier molecular flexibility index (Phi) is 3.73. The van der Waals surface area contributed by atoms with Crippen LogP contribution in [0.25, 0.3) is 0 Å². The van der Waals surface area contributed by atoms with Crippen LogP contribution in [0.5, 0.6) is 0 Å². The molecule has 1 aliphatic heterocycles. The molecular weight excluding hydrogens is 264 g/mol. The molecular formula is C16H20N4O. The van der Waals surface area contributed by atoms with Gasteiger partial charge in [-0.25, -0.2) is 4.98 Å². The van der Waals surface area contributed by atoms with Crippen molar-refractivity contribution in [1.29, 1.82) is 0 Å². The van der Waals surface area contributed by atoms with Gasteiger partial charge in [-0.2, -0.15) is 0 Å². The number of rotatable bonds is 2. The third-order valence-electron chi connectivity index (χ3n) is 4.27. The van der Waals surface area contributed by atoms with Crippen molar-refractivity contribution in [3.05, 3.63) is 52.7 Å². The molecule has 0 amide bonds. The lowest BCUT2D eigenvalue weighted by Crippen LogP contribution is -2.43. The molecule has 0 saturated carbocycles. The van der Waals surface area contributed by atoms with Gasteiger partial charge in [0, 0.05) is 37.7 Å². The lowest BCUT2D eigenvalue weighted by atomic mass is 9.92. The van der Waals surface area contributed by atoms with Crippen LogP contribution in [0.3, 0.4) is 0 Å². The van der Waals surface area contributed by atoms with E-state index in [4.69, 9.17) is 0 Å². The van der Waals surface area contributed by atoms with Crippen molar-refractivity contribution in [3.63, 3.8) is 0 Å². The van der Waals surface area contributed by atoms with Crippen LogP contribution in [0.2, 0.25) is 0 Å². The summed E-state index contributed by atoms with van der Waals surface area (Å²) in [7, 11) is 1.79. The summed E-state index contributed by atoms with van der Waals surface area (Å²) in [5.74, 6) is 0.747. The van der Waals surface area contributed by atoms with Gasteiger partial charge in [0.25, 0.3) is 5.56 Å². The highest BCUT2D eigenvalue weighted by Crippen LogP contribution is 2.36. The number of nitrogens with zero attached hydrogens (tertiary/aromatic N) is 4. The first-order chi connectivity index (χ1) is 10.2. The summed E-state index contributed by atoms with van der Waals surface area (Å²) in [6.07, 6.45) is 8.62. The fourth-order valence-corrected chi connectivity index (χ4v) is 3.15. The Morgan fingerprint density at radius 3 is 2.67 bits per heavy atom. The predicted molar refractivity (Wildman–Crippen MR) is 82.2 cm³/mol. The predicted octanol–water partition coefficient (Wildman–Crippen LogP) is 2.30. The van der Waals surface area contributed by atoms with Crippen molar-refractivity contribution < 1.29 is 0 Å². The van der Waals surface area contributed by atoms with Crippen molar-refractivity contribution in [2.24, 2.45) is 7.05 Å². The van der Waals surface area contributed by atoms with Crippen molar-refractivity contribution in [2.45, 2.75) is 38.3 Å². The molecule has 1 aliphatic rings. The molecule has 3 rings (SSSR count). The highest BCUT2D eigenvalue weighted by Gasteiger charge is 2.31. The number of aromatic nitrogens is 3. The smallest absolute Gasteiger partial charge is 0.254 e. The minimum absolute atomic E-state index is 0.0220. The van der Waals surface area contributed by atoms with E-state index in [1.165, 1.54) is 18.1 Å². The fraction of sp³-hybridized carbons (Fsp3) is 0.438. The molecule has 2 atom stereocenters. The van der Waals surface area contributed by atoms with Gasteiger partial charge in [0.1, 0.15) is 0 Å². The molecule has 0 aromatic carbocycles. The zero-order valence-corrected chi connectivity index (χ0v) is 12.4. The van der Waals surface area contributed by atoms with Crippen molar-refractivity contribution in [1.82, 2.24) is 14.5 Å². The number of anilines is 1. The Hall–Kier alpha value is -2.17. The van der Waals surface area contributed by atoms with E-state index in [1.54, 1.807) is 17.8 Å². The molecule has 0 N–H and O–H groups in total. The maximum absolute atomic E-state index is 11.9. The Balaban J connectivity index is 2.07. The lowest BCUT2D eigenvalue weighted by Gasteiger charge is -2.42. The van der Waals surface area contributed by atoms with Gasteiger partial charge in [-0.1, -0.05) is 0 Å². The summed E-state index contributed by atoms with van der Waals surface area (Å²) in [6.45, 7) is 2.20. The summed E-state index contributed by atoms with van der Waals surface area (Å²) in [5.41, 5.74) is 1.21. The number of hydrogen-bond acceptors (Lipinski definition) is 4. The molecule has 0 bridgehead atoms. The average Bonchev–Trinajstić information content (AvgIpc) is 2.51. The number of pyridine rings is 1. The van der Waals surface area contributed by atoms with Gasteiger partial charge in [0.15, 0.2) is 0 Å². The molecule has 2 aromatic rings. The molecule has 5 heteroatoms. The molecule has 2 aromatic heterocycles. The average molecular weight is 284 g/mol. The normalized spacial score (nSPS) is 22.3. The Morgan fingerprint density at radius 1 is 1.14 bits per heavy atom. The van der Waals surface area contributed by atoms with Crippen LogP contribution >= 0.6 is 0 Å². The largest absolute Gasteiger partial charge is 0.332 e. The van der Waals surface area contributed by atoms with Gasteiger partial charge in [-0.15, -0.1) is 0 Å². The number of piperidine rings is 1. The van der Waals surface area contributed by atoms with Crippen LogP contribution < -0.4 is 10.5 Å². The molecule has 0 aliphatic carbocycles. The summed E-state index contributed by atoms with van der Waals surface area (Å²) in [4.78, 5) is 22.8. The van der Waals surface area contributed by atoms with Crippen LogP contribution in [0, 0.1) is 0 Å². The molecule has 2 unspecified atom stereocenters.